The monoisotopic (exact) mass is 414 g/mol. The maximum atomic E-state index is 14.0. The van der Waals surface area contributed by atoms with Gasteiger partial charge in [0.2, 0.25) is 5.91 Å². The van der Waals surface area contributed by atoms with Gasteiger partial charge in [-0.2, -0.15) is 0 Å². The largest absolute Gasteiger partial charge is 0.320 e. The first kappa shape index (κ1) is 18.7. The minimum Gasteiger partial charge on any atom is -0.320 e. The summed E-state index contributed by atoms with van der Waals surface area (Å²) in [6.07, 6.45) is 1.34. The lowest BCUT2D eigenvalue weighted by Gasteiger charge is -2.17. The Morgan fingerprint density at radius 2 is 1.96 bits per heavy atom. The second-order valence-corrected chi connectivity index (χ2v) is 7.90. The average Bonchev–Trinajstić information content (AvgIpc) is 3.33. The van der Waals surface area contributed by atoms with Crippen LogP contribution in [0.5, 0.6) is 0 Å². The van der Waals surface area contributed by atoms with E-state index in [-0.39, 0.29) is 17.6 Å². The van der Waals surface area contributed by atoms with Crippen molar-refractivity contribution in [3.63, 3.8) is 0 Å². The van der Waals surface area contributed by atoms with Crippen LogP contribution in [-0.2, 0) is 4.79 Å². The number of halogens is 2. The van der Waals surface area contributed by atoms with E-state index in [1.165, 1.54) is 17.4 Å². The highest BCUT2D eigenvalue weighted by atomic mass is 35.5. The molecule has 4 rings (SSSR count). The van der Waals surface area contributed by atoms with Crippen molar-refractivity contribution in [1.82, 2.24) is 0 Å². The molecule has 0 saturated carbocycles. The Morgan fingerprint density at radius 3 is 2.71 bits per heavy atom. The first-order valence-corrected chi connectivity index (χ1v) is 9.98. The second-order valence-electron chi connectivity index (χ2n) is 6.41. The van der Waals surface area contributed by atoms with Gasteiger partial charge in [0.05, 0.1) is 15.6 Å². The van der Waals surface area contributed by atoms with Gasteiger partial charge in [-0.15, -0.1) is 11.3 Å². The van der Waals surface area contributed by atoms with Crippen molar-refractivity contribution in [2.24, 2.45) is 0 Å². The third-order valence-corrected chi connectivity index (χ3v) is 6.00. The molecule has 4 nitrogen and oxygen atoms in total. The zero-order valence-electron chi connectivity index (χ0n) is 14.7. The van der Waals surface area contributed by atoms with Crippen LogP contribution in [0.2, 0.25) is 5.02 Å². The zero-order valence-corrected chi connectivity index (χ0v) is 16.3. The molecule has 0 aliphatic carbocycles. The summed E-state index contributed by atoms with van der Waals surface area (Å²) in [5, 5.41) is 3.18. The van der Waals surface area contributed by atoms with E-state index in [1.54, 1.807) is 53.4 Å². The number of thiophene rings is 1. The van der Waals surface area contributed by atoms with E-state index in [9.17, 15) is 14.0 Å². The number of rotatable bonds is 4. The molecule has 7 heteroatoms. The van der Waals surface area contributed by atoms with Gasteiger partial charge in [-0.1, -0.05) is 29.8 Å². The summed E-state index contributed by atoms with van der Waals surface area (Å²) < 4.78 is 14.0. The van der Waals surface area contributed by atoms with E-state index in [1.807, 2.05) is 0 Å². The molecular formula is C21H16ClFN2O2S. The van der Waals surface area contributed by atoms with Gasteiger partial charge in [0.15, 0.2) is 0 Å². The number of carbonyl (C=O) groups is 2. The number of hydrogen-bond acceptors (Lipinski definition) is 3. The molecule has 1 N–H and O–H groups in total. The summed E-state index contributed by atoms with van der Waals surface area (Å²) in [5.41, 5.74) is 1.60. The zero-order chi connectivity index (χ0) is 19.7. The topological polar surface area (TPSA) is 49.4 Å². The Kier molecular flexibility index (Phi) is 5.15. The number of carbonyl (C=O) groups excluding carboxylic acids is 2. The first-order chi connectivity index (χ1) is 13.5. The highest BCUT2D eigenvalue weighted by Crippen LogP contribution is 2.33. The normalized spacial score (nSPS) is 13.8. The van der Waals surface area contributed by atoms with E-state index in [2.05, 4.69) is 5.32 Å². The number of anilines is 2. The molecule has 28 heavy (non-hydrogen) atoms. The fraction of sp³-hybridized carbons (Fsp3) is 0.143. The van der Waals surface area contributed by atoms with Crippen LogP contribution in [0.4, 0.5) is 15.8 Å². The molecule has 1 fully saturated rings. The molecule has 0 bridgehead atoms. The van der Waals surface area contributed by atoms with Crippen molar-refractivity contribution < 1.29 is 14.0 Å². The second kappa shape index (κ2) is 7.73. The molecule has 1 aliphatic rings. The van der Waals surface area contributed by atoms with Gasteiger partial charge >= 0.3 is 0 Å². The van der Waals surface area contributed by atoms with Gasteiger partial charge in [-0.3, -0.25) is 9.59 Å². The Hall–Kier alpha value is -2.70. The third-order valence-electron chi connectivity index (χ3n) is 4.55. The Labute approximate surface area is 170 Å². The molecule has 1 saturated heterocycles. The van der Waals surface area contributed by atoms with E-state index in [0.29, 0.717) is 44.7 Å². The minimum absolute atomic E-state index is 0.0624. The van der Waals surface area contributed by atoms with E-state index < -0.39 is 0 Å². The van der Waals surface area contributed by atoms with Gasteiger partial charge in [0.25, 0.3) is 5.91 Å². The lowest BCUT2D eigenvalue weighted by molar-refractivity contribution is -0.117. The minimum atomic E-state index is -0.334. The number of amides is 2. The Balaban J connectivity index is 1.56. The Bertz CT molecular complexity index is 1070. The molecule has 142 valence electrons. The molecule has 0 radical (unpaired) electrons. The highest BCUT2D eigenvalue weighted by molar-refractivity contribution is 7.17. The summed E-state index contributed by atoms with van der Waals surface area (Å²) in [5.74, 6) is -0.603. The van der Waals surface area contributed by atoms with E-state index in [4.69, 9.17) is 11.6 Å². The van der Waals surface area contributed by atoms with Crippen molar-refractivity contribution >= 4 is 46.1 Å². The summed E-state index contributed by atoms with van der Waals surface area (Å²) in [6.45, 7) is 0.658. The number of nitrogens with zero attached hydrogens (tertiary/aromatic N) is 1. The molecule has 1 aromatic heterocycles. The molecule has 2 heterocycles. The van der Waals surface area contributed by atoms with E-state index in [0.717, 1.165) is 6.42 Å². The SMILES string of the molecule is O=C(Nc1cc(N2CCCC2=O)ccc1Cl)c1ccc(-c2ccccc2F)s1. The number of nitrogens with one attached hydrogen (secondary N) is 1. The highest BCUT2D eigenvalue weighted by Gasteiger charge is 2.22. The molecule has 0 unspecified atom stereocenters. The molecular weight excluding hydrogens is 399 g/mol. The van der Waals surface area contributed by atoms with Crippen LogP contribution in [0.3, 0.4) is 0 Å². The van der Waals surface area contributed by atoms with Crippen molar-refractivity contribution in [1.29, 1.82) is 0 Å². The van der Waals surface area contributed by atoms with Gasteiger partial charge in [-0.25, -0.2) is 4.39 Å². The van der Waals surface area contributed by atoms with Crippen LogP contribution < -0.4 is 10.2 Å². The smallest absolute Gasteiger partial charge is 0.265 e. The fourth-order valence-electron chi connectivity index (χ4n) is 3.15. The van der Waals surface area contributed by atoms with Crippen molar-refractivity contribution in [3.05, 3.63) is 70.3 Å². The van der Waals surface area contributed by atoms with Gasteiger partial charge in [0.1, 0.15) is 5.82 Å². The molecule has 0 atom stereocenters. The molecule has 2 aromatic carbocycles. The maximum Gasteiger partial charge on any atom is 0.265 e. The van der Waals surface area contributed by atoms with Gasteiger partial charge in [0, 0.05) is 29.1 Å². The first-order valence-electron chi connectivity index (χ1n) is 8.79. The fourth-order valence-corrected chi connectivity index (χ4v) is 4.24. The molecule has 0 spiro atoms. The summed E-state index contributed by atoms with van der Waals surface area (Å²) in [6, 6.07) is 15.0. The lowest BCUT2D eigenvalue weighted by atomic mass is 10.2. The van der Waals surface area contributed by atoms with Crippen molar-refractivity contribution in [2.45, 2.75) is 12.8 Å². The lowest BCUT2D eigenvalue weighted by Crippen LogP contribution is -2.23. The van der Waals surface area contributed by atoms with Crippen LogP contribution in [-0.4, -0.2) is 18.4 Å². The summed E-state index contributed by atoms with van der Waals surface area (Å²) in [7, 11) is 0. The predicted octanol–water partition coefficient (Wildman–Crippen LogP) is 5.59. The number of hydrogen-bond donors (Lipinski definition) is 1. The predicted molar refractivity (Wildman–Crippen MR) is 111 cm³/mol. The standard InChI is InChI=1S/C21H16ClFN2O2S/c22-15-8-7-13(25-11-3-6-20(25)26)12-17(15)24-21(27)19-10-9-18(28-19)14-4-1-2-5-16(14)23/h1-2,4-5,7-10,12H,3,6,11H2,(H,24,27). The molecule has 3 aromatic rings. The van der Waals surface area contributed by atoms with Gasteiger partial charge < -0.3 is 10.2 Å². The maximum absolute atomic E-state index is 14.0. The van der Waals surface area contributed by atoms with Crippen molar-refractivity contribution in [3.8, 4) is 10.4 Å². The van der Waals surface area contributed by atoms with Crippen LogP contribution in [0.25, 0.3) is 10.4 Å². The summed E-state index contributed by atoms with van der Waals surface area (Å²) in [4.78, 5) is 27.4. The van der Waals surface area contributed by atoms with Crippen LogP contribution in [0.15, 0.2) is 54.6 Å². The van der Waals surface area contributed by atoms with E-state index >= 15 is 0 Å². The van der Waals surface area contributed by atoms with Crippen molar-refractivity contribution in [2.75, 3.05) is 16.8 Å². The summed E-state index contributed by atoms with van der Waals surface area (Å²) >= 11 is 7.43. The number of benzene rings is 2. The molecule has 1 aliphatic heterocycles. The average molecular weight is 415 g/mol. The van der Waals surface area contributed by atoms with Crippen LogP contribution >= 0.6 is 22.9 Å². The molecule has 2 amide bonds. The van der Waals surface area contributed by atoms with Gasteiger partial charge in [-0.05, 0) is 42.8 Å². The quantitative estimate of drug-likeness (QED) is 0.605. The van der Waals surface area contributed by atoms with Crippen LogP contribution in [0, 0.1) is 5.82 Å². The third kappa shape index (κ3) is 3.66. The Morgan fingerprint density at radius 1 is 1.14 bits per heavy atom. The van der Waals surface area contributed by atoms with Crippen LogP contribution in [0.1, 0.15) is 22.5 Å².